The molecular weight excluding hydrogens is 249 g/mol. The summed E-state index contributed by atoms with van der Waals surface area (Å²) >= 11 is 0. The Morgan fingerprint density at radius 1 is 1.41 bits per heavy atom. The molecule has 0 atom stereocenters. The van der Waals surface area contributed by atoms with Gasteiger partial charge in [-0.25, -0.2) is 8.78 Å². The average molecular weight is 255 g/mol. The number of carbonyl (C=O) groups excluding carboxylic acids is 1. The van der Waals surface area contributed by atoms with Crippen LogP contribution in [-0.2, 0) is 0 Å². The van der Waals surface area contributed by atoms with Crippen molar-refractivity contribution in [1.29, 1.82) is 0 Å². The van der Waals surface area contributed by atoms with Crippen molar-refractivity contribution in [3.8, 4) is 5.75 Å². The lowest BCUT2D eigenvalue weighted by Crippen LogP contribution is -2.19. The van der Waals surface area contributed by atoms with E-state index in [0.717, 1.165) is 13.1 Å². The molecule has 0 N–H and O–H groups in total. The van der Waals surface area contributed by atoms with E-state index in [4.69, 9.17) is 0 Å². The lowest BCUT2D eigenvalue weighted by Gasteiger charge is -2.14. The third kappa shape index (κ3) is 3.11. The van der Waals surface area contributed by atoms with Crippen LogP contribution in [0.25, 0.3) is 0 Å². The van der Waals surface area contributed by atoms with Crippen LogP contribution in [0.4, 0.5) is 22.0 Å². The van der Waals surface area contributed by atoms with E-state index in [1.54, 1.807) is 0 Å². The summed E-state index contributed by atoms with van der Waals surface area (Å²) in [5.41, 5.74) is -2.09. The maximum absolute atomic E-state index is 12.4. The molecule has 0 bridgehead atoms. The van der Waals surface area contributed by atoms with Gasteiger partial charge in [0.2, 0.25) is 0 Å². The summed E-state index contributed by atoms with van der Waals surface area (Å²) in [5.74, 6) is -0.946. The Balaban J connectivity index is 3.36. The van der Waals surface area contributed by atoms with Gasteiger partial charge in [-0.2, -0.15) is 0 Å². The van der Waals surface area contributed by atoms with Crippen LogP contribution in [0.2, 0.25) is 0 Å². The predicted molar refractivity (Wildman–Crippen MR) is 46.0 cm³/mol. The van der Waals surface area contributed by atoms with Gasteiger partial charge in [0, 0.05) is 11.8 Å². The Kier molecular flexibility index (Phi) is 3.64. The zero-order chi connectivity index (χ0) is 13.2. The van der Waals surface area contributed by atoms with E-state index >= 15 is 0 Å². The Hall–Kier alpha value is -1.73. The fraction of sp³-hybridized carbons (Fsp3) is 0.333. The molecule has 0 aromatic carbocycles. The Bertz CT molecular complexity index is 430. The standard InChI is InChI=1S/C9H6F5NO2/c1-4-2-15-6(8(10)11)5(3-16)7(4)17-9(12,13)14/h2-3,8H,1H3. The van der Waals surface area contributed by atoms with Gasteiger partial charge < -0.3 is 4.74 Å². The number of ether oxygens (including phenoxy) is 1. The molecule has 0 aliphatic rings. The summed E-state index contributed by atoms with van der Waals surface area (Å²) in [7, 11) is 0. The number of hydrogen-bond acceptors (Lipinski definition) is 3. The molecule has 0 saturated carbocycles. The minimum Gasteiger partial charge on any atom is -0.405 e. The first-order valence-electron chi connectivity index (χ1n) is 4.25. The maximum Gasteiger partial charge on any atom is 0.573 e. The van der Waals surface area contributed by atoms with E-state index in [2.05, 4.69) is 9.72 Å². The minimum absolute atomic E-state index is 0.136. The third-order valence-corrected chi connectivity index (χ3v) is 1.82. The molecule has 0 radical (unpaired) electrons. The number of nitrogens with zero attached hydrogens (tertiary/aromatic N) is 1. The first kappa shape index (κ1) is 13.3. The van der Waals surface area contributed by atoms with Crippen LogP contribution in [0.3, 0.4) is 0 Å². The number of halogens is 5. The van der Waals surface area contributed by atoms with E-state index in [1.807, 2.05) is 0 Å². The second-order valence-corrected chi connectivity index (χ2v) is 3.04. The minimum atomic E-state index is -5.07. The van der Waals surface area contributed by atoms with Gasteiger partial charge in [0.1, 0.15) is 11.4 Å². The summed E-state index contributed by atoms with van der Waals surface area (Å²) in [6, 6.07) is 0. The van der Waals surface area contributed by atoms with Crippen LogP contribution in [0, 0.1) is 6.92 Å². The zero-order valence-electron chi connectivity index (χ0n) is 8.39. The smallest absolute Gasteiger partial charge is 0.405 e. The van der Waals surface area contributed by atoms with Crippen LogP contribution in [0.5, 0.6) is 5.75 Å². The van der Waals surface area contributed by atoms with Gasteiger partial charge in [0.15, 0.2) is 6.29 Å². The molecule has 3 nitrogen and oxygen atoms in total. The van der Waals surface area contributed by atoms with Crippen LogP contribution in [-0.4, -0.2) is 17.6 Å². The molecule has 0 saturated heterocycles. The van der Waals surface area contributed by atoms with Crippen molar-refractivity contribution >= 4 is 6.29 Å². The number of alkyl halides is 5. The molecular formula is C9H6F5NO2. The highest BCUT2D eigenvalue weighted by Crippen LogP contribution is 2.33. The fourth-order valence-corrected chi connectivity index (χ4v) is 1.16. The molecule has 0 amide bonds. The average Bonchev–Trinajstić information content (AvgIpc) is 2.18. The van der Waals surface area contributed by atoms with Gasteiger partial charge in [-0.1, -0.05) is 0 Å². The highest BCUT2D eigenvalue weighted by atomic mass is 19.4. The highest BCUT2D eigenvalue weighted by molar-refractivity contribution is 5.81. The summed E-state index contributed by atoms with van der Waals surface area (Å²) in [6.07, 6.45) is -7.58. The van der Waals surface area contributed by atoms with Gasteiger partial charge in [-0.05, 0) is 6.92 Å². The molecule has 94 valence electrons. The van der Waals surface area contributed by atoms with Crippen molar-refractivity contribution in [3.05, 3.63) is 23.0 Å². The van der Waals surface area contributed by atoms with E-state index < -0.39 is 29.8 Å². The Labute approximate surface area is 92.2 Å². The first-order chi connectivity index (χ1) is 7.76. The highest BCUT2D eigenvalue weighted by Gasteiger charge is 2.34. The van der Waals surface area contributed by atoms with Crippen molar-refractivity contribution in [1.82, 2.24) is 4.98 Å². The molecule has 0 fully saturated rings. The van der Waals surface area contributed by atoms with Crippen molar-refractivity contribution < 1.29 is 31.5 Å². The van der Waals surface area contributed by atoms with E-state index in [9.17, 15) is 26.7 Å². The van der Waals surface area contributed by atoms with Crippen LogP contribution in [0.1, 0.15) is 28.0 Å². The Morgan fingerprint density at radius 3 is 2.41 bits per heavy atom. The number of hydrogen-bond donors (Lipinski definition) is 0. The van der Waals surface area contributed by atoms with Crippen LogP contribution in [0.15, 0.2) is 6.20 Å². The molecule has 0 spiro atoms. The van der Waals surface area contributed by atoms with Crippen molar-refractivity contribution in [3.63, 3.8) is 0 Å². The zero-order valence-corrected chi connectivity index (χ0v) is 8.39. The summed E-state index contributed by atoms with van der Waals surface area (Å²) in [4.78, 5) is 13.8. The van der Waals surface area contributed by atoms with Crippen molar-refractivity contribution in [2.75, 3.05) is 0 Å². The molecule has 0 aliphatic heterocycles. The Morgan fingerprint density at radius 2 is 2.00 bits per heavy atom. The van der Waals surface area contributed by atoms with Gasteiger partial charge >= 0.3 is 6.36 Å². The maximum atomic E-state index is 12.4. The van der Waals surface area contributed by atoms with E-state index in [0.29, 0.717) is 0 Å². The number of rotatable bonds is 3. The van der Waals surface area contributed by atoms with Gasteiger partial charge in [-0.3, -0.25) is 9.78 Å². The van der Waals surface area contributed by atoms with E-state index in [-0.39, 0.29) is 11.8 Å². The SMILES string of the molecule is Cc1cnc(C(F)F)c(C=O)c1OC(F)(F)F. The van der Waals surface area contributed by atoms with Gasteiger partial charge in [-0.15, -0.1) is 13.2 Å². The summed E-state index contributed by atoms with van der Waals surface area (Å²) in [5, 5.41) is 0. The molecule has 1 aromatic heterocycles. The number of pyridine rings is 1. The number of aldehydes is 1. The number of aryl methyl sites for hydroxylation is 1. The van der Waals surface area contributed by atoms with Crippen molar-refractivity contribution in [2.45, 2.75) is 19.7 Å². The van der Waals surface area contributed by atoms with Crippen molar-refractivity contribution in [2.24, 2.45) is 0 Å². The predicted octanol–water partition coefficient (Wildman–Crippen LogP) is 3.04. The topological polar surface area (TPSA) is 39.2 Å². The molecule has 0 unspecified atom stereocenters. The summed E-state index contributed by atoms with van der Waals surface area (Å²) in [6.45, 7) is 1.16. The second-order valence-electron chi connectivity index (χ2n) is 3.04. The van der Waals surface area contributed by atoms with Gasteiger partial charge in [0.25, 0.3) is 6.43 Å². The first-order valence-corrected chi connectivity index (χ1v) is 4.25. The van der Waals surface area contributed by atoms with Gasteiger partial charge in [0.05, 0.1) is 5.56 Å². The second kappa shape index (κ2) is 4.64. The number of carbonyl (C=O) groups is 1. The molecule has 1 heterocycles. The normalized spacial score (nSPS) is 11.7. The largest absolute Gasteiger partial charge is 0.573 e. The number of aromatic nitrogens is 1. The van der Waals surface area contributed by atoms with Crippen LogP contribution >= 0.6 is 0 Å². The quantitative estimate of drug-likeness (QED) is 0.615. The molecule has 0 aliphatic carbocycles. The molecule has 1 aromatic rings. The fourth-order valence-electron chi connectivity index (χ4n) is 1.16. The summed E-state index contributed by atoms with van der Waals surface area (Å²) < 4.78 is 64.4. The molecule has 8 heteroatoms. The lowest BCUT2D eigenvalue weighted by atomic mass is 10.1. The van der Waals surface area contributed by atoms with Crippen LogP contribution < -0.4 is 4.74 Å². The lowest BCUT2D eigenvalue weighted by molar-refractivity contribution is -0.275. The third-order valence-electron chi connectivity index (χ3n) is 1.82. The molecule has 17 heavy (non-hydrogen) atoms. The monoisotopic (exact) mass is 255 g/mol. The molecule has 1 rings (SSSR count). The van der Waals surface area contributed by atoms with E-state index in [1.165, 1.54) is 0 Å².